The Kier molecular flexibility index (Phi) is 12.3. The molecule has 0 saturated carbocycles. The molecular formula is C30H46N4O5. The number of nitrogens with zero attached hydrogens (tertiary/aromatic N) is 2. The van der Waals surface area contributed by atoms with Crippen LogP contribution in [0.25, 0.3) is 5.52 Å². The summed E-state index contributed by atoms with van der Waals surface area (Å²) in [6.45, 7) is 15.6. The number of carbonyl (C=O) groups excluding carboxylic acids is 3. The van der Waals surface area contributed by atoms with E-state index in [1.165, 1.54) is 6.92 Å². The van der Waals surface area contributed by atoms with Gasteiger partial charge in [0.05, 0.1) is 41.6 Å². The number of esters is 1. The standard InChI is InChI=1S/C16H28N2O4.C14H18N2O/c1-5-12(6-2)22-14-9-11(16(20)21-7-3)8-13(17)15(14)18-10(4)19;1-9(2)13-12(14(17)10(3)4)11-7-5-6-8-16(11)15-13/h9,12-15H,5-8,17H2,1-4H3,(H,18,19);5-10H,1-4H3/t13-,14+,15+;/m0./s1. The first-order valence-corrected chi connectivity index (χ1v) is 14.0. The van der Waals surface area contributed by atoms with Crippen LogP contribution in [0.5, 0.6) is 0 Å². The molecule has 3 atom stereocenters. The lowest BCUT2D eigenvalue weighted by molar-refractivity contribution is -0.139. The first-order valence-electron chi connectivity index (χ1n) is 14.0. The number of Topliss-reactive ketones (excluding diaryl/α,β-unsaturated/α-hetero) is 1. The van der Waals surface area contributed by atoms with E-state index in [0.717, 1.165) is 29.6 Å². The summed E-state index contributed by atoms with van der Waals surface area (Å²) in [6.07, 6.45) is 5.36. The SMILES string of the molecule is CC(C)C(=O)c1c(C(C)C)nn2ccccc12.CCOC(=O)C1=C[C@@H](OC(CC)CC)[C@H](NC(C)=O)[C@@H](N)C1. The molecular weight excluding hydrogens is 496 g/mol. The Morgan fingerprint density at radius 1 is 1.13 bits per heavy atom. The van der Waals surface area contributed by atoms with E-state index in [1.54, 1.807) is 17.5 Å². The molecule has 9 heteroatoms. The van der Waals surface area contributed by atoms with Crippen molar-refractivity contribution >= 4 is 23.2 Å². The molecule has 2 heterocycles. The van der Waals surface area contributed by atoms with Gasteiger partial charge >= 0.3 is 5.97 Å². The number of ether oxygens (including phenoxy) is 2. The molecule has 0 spiro atoms. The molecule has 1 amide bonds. The topological polar surface area (TPSA) is 125 Å². The largest absolute Gasteiger partial charge is 0.463 e. The summed E-state index contributed by atoms with van der Waals surface area (Å²) in [5.41, 5.74) is 9.28. The highest BCUT2D eigenvalue weighted by molar-refractivity contribution is 6.04. The Bertz CT molecular complexity index is 1150. The summed E-state index contributed by atoms with van der Waals surface area (Å²) >= 11 is 0. The van der Waals surface area contributed by atoms with Crippen molar-refractivity contribution in [1.82, 2.24) is 14.9 Å². The zero-order valence-corrected chi connectivity index (χ0v) is 24.7. The predicted molar refractivity (Wildman–Crippen MR) is 153 cm³/mol. The van der Waals surface area contributed by atoms with Crippen molar-refractivity contribution in [2.24, 2.45) is 11.7 Å². The maximum atomic E-state index is 12.3. The van der Waals surface area contributed by atoms with Crippen LogP contribution in [0, 0.1) is 5.92 Å². The molecule has 0 saturated heterocycles. The lowest BCUT2D eigenvalue weighted by atomic mass is 9.88. The van der Waals surface area contributed by atoms with Gasteiger partial charge in [-0.15, -0.1) is 0 Å². The van der Waals surface area contributed by atoms with Crippen LogP contribution in [0.15, 0.2) is 36.0 Å². The van der Waals surface area contributed by atoms with Crippen LogP contribution >= 0.6 is 0 Å². The number of amides is 1. The number of nitrogens with two attached hydrogens (primary N) is 1. The number of nitrogens with one attached hydrogen (secondary N) is 1. The summed E-state index contributed by atoms with van der Waals surface area (Å²) < 4.78 is 12.9. The molecule has 3 rings (SSSR count). The van der Waals surface area contributed by atoms with E-state index in [2.05, 4.69) is 24.3 Å². The molecule has 9 nitrogen and oxygen atoms in total. The van der Waals surface area contributed by atoms with Gasteiger partial charge in [0.2, 0.25) is 5.91 Å². The van der Waals surface area contributed by atoms with Crippen LogP contribution in [0.2, 0.25) is 0 Å². The van der Waals surface area contributed by atoms with Crippen LogP contribution in [0.4, 0.5) is 0 Å². The number of ketones is 1. The number of fused-ring (bicyclic) bond motifs is 1. The average molecular weight is 543 g/mol. The molecule has 0 aliphatic heterocycles. The number of pyridine rings is 1. The van der Waals surface area contributed by atoms with Gasteiger partial charge in [0.1, 0.15) is 0 Å². The summed E-state index contributed by atoms with van der Waals surface area (Å²) in [4.78, 5) is 35.7. The fourth-order valence-electron chi connectivity index (χ4n) is 4.58. The fourth-order valence-corrected chi connectivity index (χ4v) is 4.58. The van der Waals surface area contributed by atoms with Gasteiger partial charge in [-0.2, -0.15) is 5.10 Å². The van der Waals surface area contributed by atoms with Gasteiger partial charge in [-0.25, -0.2) is 9.31 Å². The average Bonchev–Trinajstić information content (AvgIpc) is 3.28. The minimum Gasteiger partial charge on any atom is -0.463 e. The van der Waals surface area contributed by atoms with Crippen LogP contribution in [0.1, 0.15) is 96.6 Å². The minimum absolute atomic E-state index is 0.000654. The van der Waals surface area contributed by atoms with Crippen molar-refractivity contribution in [1.29, 1.82) is 0 Å². The van der Waals surface area contributed by atoms with Gasteiger partial charge in [0, 0.05) is 30.7 Å². The van der Waals surface area contributed by atoms with E-state index in [4.69, 9.17) is 15.2 Å². The molecule has 0 bridgehead atoms. The quantitative estimate of drug-likeness (QED) is 0.332. The minimum atomic E-state index is -0.419. The summed E-state index contributed by atoms with van der Waals surface area (Å²) in [7, 11) is 0. The number of hydrogen-bond acceptors (Lipinski definition) is 7. The molecule has 216 valence electrons. The smallest absolute Gasteiger partial charge is 0.333 e. The van der Waals surface area contributed by atoms with Crippen molar-refractivity contribution in [3.05, 3.63) is 47.3 Å². The maximum absolute atomic E-state index is 12.3. The Morgan fingerprint density at radius 2 is 1.79 bits per heavy atom. The first-order chi connectivity index (χ1) is 18.4. The Morgan fingerprint density at radius 3 is 2.33 bits per heavy atom. The van der Waals surface area contributed by atoms with Gasteiger partial charge in [-0.3, -0.25) is 9.59 Å². The third kappa shape index (κ3) is 8.47. The van der Waals surface area contributed by atoms with Gasteiger partial charge < -0.3 is 20.5 Å². The number of rotatable bonds is 10. The Labute approximate surface area is 232 Å². The highest BCUT2D eigenvalue weighted by Crippen LogP contribution is 2.26. The number of carbonyl (C=O) groups is 3. The third-order valence-corrected chi connectivity index (χ3v) is 6.69. The van der Waals surface area contributed by atoms with E-state index in [9.17, 15) is 14.4 Å². The Hall–Kier alpha value is -3.04. The highest BCUT2D eigenvalue weighted by Gasteiger charge is 2.35. The van der Waals surface area contributed by atoms with Crippen molar-refractivity contribution in [2.75, 3.05) is 6.61 Å². The Balaban J connectivity index is 0.000000282. The lowest BCUT2D eigenvalue weighted by Gasteiger charge is -2.36. The summed E-state index contributed by atoms with van der Waals surface area (Å²) in [5.74, 6) is -0.0906. The molecule has 1 aliphatic carbocycles. The van der Waals surface area contributed by atoms with Gasteiger partial charge in [-0.05, 0) is 50.3 Å². The molecule has 0 radical (unpaired) electrons. The molecule has 0 fully saturated rings. The van der Waals surface area contributed by atoms with Crippen molar-refractivity contribution in [3.63, 3.8) is 0 Å². The zero-order valence-electron chi connectivity index (χ0n) is 24.7. The second-order valence-electron chi connectivity index (χ2n) is 10.5. The van der Waals surface area contributed by atoms with E-state index in [1.807, 2.05) is 52.1 Å². The van der Waals surface area contributed by atoms with Crippen LogP contribution in [0.3, 0.4) is 0 Å². The molecule has 0 unspecified atom stereocenters. The van der Waals surface area contributed by atoms with E-state index < -0.39 is 6.10 Å². The zero-order chi connectivity index (χ0) is 29.3. The predicted octanol–water partition coefficient (Wildman–Crippen LogP) is 4.58. The van der Waals surface area contributed by atoms with Gasteiger partial charge in [0.15, 0.2) is 5.78 Å². The maximum Gasteiger partial charge on any atom is 0.333 e. The lowest BCUT2D eigenvalue weighted by Crippen LogP contribution is -2.57. The summed E-state index contributed by atoms with van der Waals surface area (Å²) in [6, 6.07) is 5.10. The van der Waals surface area contributed by atoms with E-state index >= 15 is 0 Å². The molecule has 2 aromatic rings. The summed E-state index contributed by atoms with van der Waals surface area (Å²) in [5, 5.41) is 7.35. The first kappa shape index (κ1) is 32.2. The molecule has 0 aromatic carbocycles. The fraction of sp³-hybridized carbons (Fsp3) is 0.600. The molecule has 2 aromatic heterocycles. The molecule has 1 aliphatic rings. The third-order valence-electron chi connectivity index (χ3n) is 6.69. The second-order valence-corrected chi connectivity index (χ2v) is 10.5. The number of hydrogen-bond donors (Lipinski definition) is 2. The second kappa shape index (κ2) is 14.9. The molecule has 3 N–H and O–H groups in total. The van der Waals surface area contributed by atoms with Crippen LogP contribution < -0.4 is 11.1 Å². The monoisotopic (exact) mass is 542 g/mol. The van der Waals surface area contributed by atoms with E-state index in [0.29, 0.717) is 18.6 Å². The highest BCUT2D eigenvalue weighted by atomic mass is 16.5. The van der Waals surface area contributed by atoms with Crippen LogP contribution in [-0.4, -0.2) is 58.2 Å². The van der Waals surface area contributed by atoms with Gasteiger partial charge in [-0.1, -0.05) is 47.6 Å². The van der Waals surface area contributed by atoms with Crippen molar-refractivity contribution in [3.8, 4) is 0 Å². The van der Waals surface area contributed by atoms with Gasteiger partial charge in [0.25, 0.3) is 0 Å². The number of aromatic nitrogens is 2. The normalized spacial score (nSPS) is 19.1. The van der Waals surface area contributed by atoms with Crippen molar-refractivity contribution in [2.45, 2.75) is 105 Å². The van der Waals surface area contributed by atoms with Crippen LogP contribution in [-0.2, 0) is 19.1 Å². The van der Waals surface area contributed by atoms with Crippen molar-refractivity contribution < 1.29 is 23.9 Å². The van der Waals surface area contributed by atoms with E-state index in [-0.39, 0.29) is 47.7 Å². The molecule has 39 heavy (non-hydrogen) atoms.